The molecule has 0 saturated carbocycles. The van der Waals surface area contributed by atoms with Crippen LogP contribution < -0.4 is 4.74 Å². The van der Waals surface area contributed by atoms with Gasteiger partial charge in [-0.3, -0.25) is 4.79 Å². The van der Waals surface area contributed by atoms with Crippen molar-refractivity contribution in [3.63, 3.8) is 0 Å². The van der Waals surface area contributed by atoms with Crippen molar-refractivity contribution in [1.82, 2.24) is 9.80 Å². The van der Waals surface area contributed by atoms with Crippen LogP contribution in [0.1, 0.15) is 55.8 Å². The molecule has 3 saturated heterocycles. The molecule has 0 spiro atoms. The van der Waals surface area contributed by atoms with E-state index in [0.29, 0.717) is 18.2 Å². The predicted molar refractivity (Wildman–Crippen MR) is 123 cm³/mol. The lowest BCUT2D eigenvalue weighted by Crippen LogP contribution is -2.49. The summed E-state index contributed by atoms with van der Waals surface area (Å²) in [5.74, 6) is 2.46. The molecule has 31 heavy (non-hydrogen) atoms. The topological polar surface area (TPSA) is 32.8 Å². The van der Waals surface area contributed by atoms with Crippen molar-refractivity contribution in [2.75, 3.05) is 26.2 Å². The summed E-state index contributed by atoms with van der Waals surface area (Å²) in [6.45, 7) is 8.43. The van der Waals surface area contributed by atoms with E-state index in [4.69, 9.17) is 4.74 Å². The lowest BCUT2D eigenvalue weighted by Gasteiger charge is -2.46. The van der Waals surface area contributed by atoms with Gasteiger partial charge in [0.25, 0.3) is 0 Å². The zero-order valence-electron chi connectivity index (χ0n) is 18.8. The van der Waals surface area contributed by atoms with E-state index >= 15 is 0 Å². The summed E-state index contributed by atoms with van der Waals surface area (Å²) >= 11 is 0. The van der Waals surface area contributed by atoms with E-state index in [0.717, 1.165) is 31.2 Å². The van der Waals surface area contributed by atoms with Gasteiger partial charge in [-0.2, -0.15) is 0 Å². The van der Waals surface area contributed by atoms with E-state index in [1.807, 2.05) is 26.0 Å². The summed E-state index contributed by atoms with van der Waals surface area (Å²) in [7, 11) is 0. The summed E-state index contributed by atoms with van der Waals surface area (Å²) in [6, 6.07) is 17.0. The number of amides is 1. The fourth-order valence-corrected chi connectivity index (χ4v) is 5.86. The smallest absolute Gasteiger partial charge is 0.223 e. The molecule has 3 fully saturated rings. The Hall–Kier alpha value is -2.33. The second-order valence-electron chi connectivity index (χ2n) is 9.78. The number of hydrogen-bond donors (Lipinski definition) is 0. The highest BCUT2D eigenvalue weighted by atomic mass is 16.5. The van der Waals surface area contributed by atoms with Crippen LogP contribution in [0.2, 0.25) is 0 Å². The molecule has 6 rings (SSSR count). The molecule has 4 aliphatic heterocycles. The maximum atomic E-state index is 13.6. The molecule has 2 atom stereocenters. The third kappa shape index (κ3) is 4.23. The number of carbonyl (C=O) groups is 1. The maximum Gasteiger partial charge on any atom is 0.223 e. The number of rotatable bonds is 5. The molecule has 0 aromatic heterocycles. The number of benzene rings is 2. The lowest BCUT2D eigenvalue weighted by atomic mass is 9.77. The highest BCUT2D eigenvalue weighted by Gasteiger charge is 2.38. The molecule has 4 nitrogen and oxygen atoms in total. The van der Waals surface area contributed by atoms with Crippen LogP contribution in [0, 0.1) is 11.8 Å². The van der Waals surface area contributed by atoms with E-state index < -0.39 is 0 Å². The molecule has 2 aromatic rings. The van der Waals surface area contributed by atoms with Crippen molar-refractivity contribution < 1.29 is 9.53 Å². The van der Waals surface area contributed by atoms with Gasteiger partial charge in [0, 0.05) is 19.5 Å². The fraction of sp³-hybridized carbons (Fsp3) is 0.519. The first-order valence-electron chi connectivity index (χ1n) is 11.9. The van der Waals surface area contributed by atoms with Gasteiger partial charge in [-0.25, -0.2) is 0 Å². The van der Waals surface area contributed by atoms with Gasteiger partial charge in [0.1, 0.15) is 5.75 Å². The van der Waals surface area contributed by atoms with Gasteiger partial charge in [0.2, 0.25) is 5.91 Å². The van der Waals surface area contributed by atoms with E-state index in [1.165, 1.54) is 42.6 Å². The molecule has 1 amide bonds. The monoisotopic (exact) mass is 418 g/mol. The normalized spacial score (nSPS) is 27.3. The van der Waals surface area contributed by atoms with E-state index in [1.54, 1.807) is 0 Å². The van der Waals surface area contributed by atoms with Crippen molar-refractivity contribution in [2.45, 2.75) is 51.7 Å². The summed E-state index contributed by atoms with van der Waals surface area (Å²) in [5, 5.41) is 0. The molecule has 4 aliphatic rings. The Morgan fingerprint density at radius 3 is 2.45 bits per heavy atom. The van der Waals surface area contributed by atoms with Crippen LogP contribution in [0.25, 0.3) is 0 Å². The first kappa shape index (κ1) is 20.6. The highest BCUT2D eigenvalue weighted by Crippen LogP contribution is 2.39. The summed E-state index contributed by atoms with van der Waals surface area (Å²) in [6.07, 6.45) is 4.31. The van der Waals surface area contributed by atoms with Crippen LogP contribution in [0.4, 0.5) is 0 Å². The highest BCUT2D eigenvalue weighted by molar-refractivity contribution is 5.78. The number of piperidine rings is 3. The van der Waals surface area contributed by atoms with Crippen LogP contribution in [-0.4, -0.2) is 48.0 Å². The number of ether oxygens (including phenoxy) is 1. The van der Waals surface area contributed by atoms with Crippen molar-refractivity contribution in [3.8, 4) is 5.75 Å². The Morgan fingerprint density at radius 2 is 1.77 bits per heavy atom. The third-order valence-electron chi connectivity index (χ3n) is 7.40. The molecule has 4 heterocycles. The van der Waals surface area contributed by atoms with Crippen molar-refractivity contribution in [1.29, 1.82) is 0 Å². The minimum atomic E-state index is -0.00775. The SMILES string of the molecule is CC(C)Oc1ccc([C@@H]2c3ccccc3CCN2C(=O)C[C@@H]2CN3CCC2CC3)cc1. The second kappa shape index (κ2) is 8.66. The summed E-state index contributed by atoms with van der Waals surface area (Å²) in [4.78, 5) is 18.3. The average molecular weight is 419 g/mol. The number of nitrogens with zero attached hydrogens (tertiary/aromatic N) is 2. The first-order chi connectivity index (χ1) is 15.1. The standard InChI is InChI=1S/C27H34N2O2/c1-19(2)31-24-9-7-22(8-10-24)27-25-6-4-3-5-21(25)13-16-29(27)26(30)17-23-18-28-14-11-20(23)12-15-28/h3-10,19-20,23,27H,11-18H2,1-2H3/t23-,27-/m1/s1. The molecule has 2 bridgehead atoms. The molecular formula is C27H34N2O2. The largest absolute Gasteiger partial charge is 0.491 e. The molecular weight excluding hydrogens is 384 g/mol. The second-order valence-corrected chi connectivity index (χ2v) is 9.78. The maximum absolute atomic E-state index is 13.6. The van der Waals surface area contributed by atoms with Crippen LogP contribution >= 0.6 is 0 Å². The van der Waals surface area contributed by atoms with Crippen LogP contribution in [-0.2, 0) is 11.2 Å². The fourth-order valence-electron chi connectivity index (χ4n) is 5.86. The van der Waals surface area contributed by atoms with Crippen molar-refractivity contribution in [2.24, 2.45) is 11.8 Å². The molecule has 0 N–H and O–H groups in total. The summed E-state index contributed by atoms with van der Waals surface area (Å²) < 4.78 is 5.84. The minimum Gasteiger partial charge on any atom is -0.491 e. The molecule has 0 radical (unpaired) electrons. The first-order valence-corrected chi connectivity index (χ1v) is 11.9. The van der Waals surface area contributed by atoms with Gasteiger partial charge >= 0.3 is 0 Å². The predicted octanol–water partition coefficient (Wildman–Crippen LogP) is 4.68. The molecule has 0 aliphatic carbocycles. The van der Waals surface area contributed by atoms with Gasteiger partial charge < -0.3 is 14.5 Å². The molecule has 0 unspecified atom stereocenters. The van der Waals surface area contributed by atoms with Crippen LogP contribution in [0.5, 0.6) is 5.75 Å². The van der Waals surface area contributed by atoms with Gasteiger partial charge in [-0.05, 0) is 86.9 Å². The zero-order chi connectivity index (χ0) is 21.4. The Labute approximate surface area is 186 Å². The Bertz CT molecular complexity index is 915. The summed E-state index contributed by atoms with van der Waals surface area (Å²) in [5.41, 5.74) is 3.81. The van der Waals surface area contributed by atoms with E-state index in [-0.39, 0.29) is 12.1 Å². The van der Waals surface area contributed by atoms with Crippen LogP contribution in [0.15, 0.2) is 48.5 Å². The zero-order valence-corrected chi connectivity index (χ0v) is 18.8. The number of fused-ring (bicyclic) bond motifs is 4. The Morgan fingerprint density at radius 1 is 1.03 bits per heavy atom. The lowest BCUT2D eigenvalue weighted by molar-refractivity contribution is -0.136. The van der Waals surface area contributed by atoms with Crippen molar-refractivity contribution in [3.05, 3.63) is 65.2 Å². The van der Waals surface area contributed by atoms with Gasteiger partial charge in [0.15, 0.2) is 0 Å². The van der Waals surface area contributed by atoms with Gasteiger partial charge in [0.05, 0.1) is 12.1 Å². The van der Waals surface area contributed by atoms with E-state index in [2.05, 4.69) is 46.2 Å². The Balaban J connectivity index is 1.41. The number of carbonyl (C=O) groups excluding carboxylic acids is 1. The molecule has 2 aromatic carbocycles. The molecule has 4 heteroatoms. The third-order valence-corrected chi connectivity index (χ3v) is 7.40. The minimum absolute atomic E-state index is 0.00775. The Kier molecular flexibility index (Phi) is 5.75. The average Bonchev–Trinajstić information content (AvgIpc) is 2.79. The van der Waals surface area contributed by atoms with E-state index in [9.17, 15) is 4.79 Å². The molecule has 164 valence electrons. The van der Waals surface area contributed by atoms with Gasteiger partial charge in [-0.15, -0.1) is 0 Å². The van der Waals surface area contributed by atoms with Crippen LogP contribution in [0.3, 0.4) is 0 Å². The number of hydrogen-bond acceptors (Lipinski definition) is 3. The van der Waals surface area contributed by atoms with Gasteiger partial charge in [-0.1, -0.05) is 36.4 Å². The quantitative estimate of drug-likeness (QED) is 0.707. The van der Waals surface area contributed by atoms with Crippen molar-refractivity contribution >= 4 is 5.91 Å².